The van der Waals surface area contributed by atoms with Crippen LogP contribution in [0.3, 0.4) is 0 Å². The van der Waals surface area contributed by atoms with Crippen LogP contribution in [0.15, 0.2) is 54.2 Å². The Morgan fingerprint density at radius 2 is 2.04 bits per heavy atom. The average Bonchev–Trinajstić information content (AvgIpc) is 3.10. The lowest BCUT2D eigenvalue weighted by molar-refractivity contribution is -0.121. The molecular formula is C18H18N2O2S. The summed E-state index contributed by atoms with van der Waals surface area (Å²) in [6.45, 7) is 0.963. The number of benzene rings is 2. The summed E-state index contributed by atoms with van der Waals surface area (Å²) in [7, 11) is 0. The van der Waals surface area contributed by atoms with Gasteiger partial charge >= 0.3 is 0 Å². The molecule has 1 N–H and O–H groups in total. The molecule has 3 rings (SSSR count). The third kappa shape index (κ3) is 4.29. The van der Waals surface area contributed by atoms with Gasteiger partial charge in [0.2, 0.25) is 5.91 Å². The van der Waals surface area contributed by atoms with Crippen LogP contribution >= 0.6 is 11.3 Å². The first-order valence-electron chi connectivity index (χ1n) is 7.57. The van der Waals surface area contributed by atoms with E-state index in [4.69, 9.17) is 4.74 Å². The van der Waals surface area contributed by atoms with E-state index in [1.807, 2.05) is 36.5 Å². The molecule has 0 atom stereocenters. The summed E-state index contributed by atoms with van der Waals surface area (Å²) in [6.07, 6.45) is 3.03. The second-order valence-electron chi connectivity index (χ2n) is 5.14. The molecule has 0 unspecified atom stereocenters. The molecular weight excluding hydrogens is 308 g/mol. The van der Waals surface area contributed by atoms with Crippen molar-refractivity contribution in [3.8, 4) is 5.75 Å². The predicted octanol–water partition coefficient (Wildman–Crippen LogP) is 3.42. The van der Waals surface area contributed by atoms with E-state index >= 15 is 0 Å². The Kier molecular flexibility index (Phi) is 5.21. The fraction of sp³-hybridized carbons (Fsp3) is 0.222. The highest BCUT2D eigenvalue weighted by molar-refractivity contribution is 7.09. The quantitative estimate of drug-likeness (QED) is 0.677. The van der Waals surface area contributed by atoms with Gasteiger partial charge in [0.05, 0.1) is 12.1 Å². The largest absolute Gasteiger partial charge is 0.491 e. The zero-order chi connectivity index (χ0) is 15.9. The molecule has 4 nitrogen and oxygen atoms in total. The molecule has 5 heteroatoms. The molecule has 3 aromatic rings. The normalized spacial score (nSPS) is 10.6. The van der Waals surface area contributed by atoms with Crippen LogP contribution in [-0.4, -0.2) is 24.0 Å². The monoisotopic (exact) mass is 326 g/mol. The van der Waals surface area contributed by atoms with Crippen molar-refractivity contribution in [3.05, 3.63) is 59.0 Å². The van der Waals surface area contributed by atoms with Crippen molar-refractivity contribution in [2.24, 2.45) is 0 Å². The van der Waals surface area contributed by atoms with Gasteiger partial charge in [-0.2, -0.15) is 0 Å². The Morgan fingerprint density at radius 3 is 2.91 bits per heavy atom. The summed E-state index contributed by atoms with van der Waals surface area (Å²) in [6, 6.07) is 14.1. The summed E-state index contributed by atoms with van der Waals surface area (Å²) in [5.74, 6) is 0.891. The zero-order valence-corrected chi connectivity index (χ0v) is 13.5. The van der Waals surface area contributed by atoms with E-state index in [-0.39, 0.29) is 5.91 Å². The van der Waals surface area contributed by atoms with Crippen LogP contribution in [0.4, 0.5) is 0 Å². The van der Waals surface area contributed by atoms with Crippen molar-refractivity contribution >= 4 is 28.0 Å². The molecule has 0 aliphatic rings. The highest BCUT2D eigenvalue weighted by Crippen LogP contribution is 2.24. The Balaban J connectivity index is 1.43. The number of nitrogens with zero attached hydrogens (tertiary/aromatic N) is 1. The standard InChI is InChI=1S/C18H18N2O2S/c21-18(9-8-15-12-19-13-23-15)20-10-11-22-17-7-3-5-14-4-1-2-6-16(14)17/h1-7,12-13H,8-11H2,(H,20,21). The van der Waals surface area contributed by atoms with Crippen molar-refractivity contribution < 1.29 is 9.53 Å². The van der Waals surface area contributed by atoms with Crippen molar-refractivity contribution in [1.29, 1.82) is 0 Å². The van der Waals surface area contributed by atoms with Crippen LogP contribution in [-0.2, 0) is 11.2 Å². The minimum absolute atomic E-state index is 0.0416. The maximum atomic E-state index is 11.8. The lowest BCUT2D eigenvalue weighted by Crippen LogP contribution is -2.28. The third-order valence-electron chi connectivity index (χ3n) is 3.51. The van der Waals surface area contributed by atoms with Crippen LogP contribution in [0.25, 0.3) is 10.8 Å². The fourth-order valence-corrected chi connectivity index (χ4v) is 2.96. The molecule has 0 bridgehead atoms. The van der Waals surface area contributed by atoms with Crippen molar-refractivity contribution in [3.63, 3.8) is 0 Å². The summed E-state index contributed by atoms with van der Waals surface area (Å²) in [5, 5.41) is 5.12. The van der Waals surface area contributed by atoms with Gasteiger partial charge in [-0.3, -0.25) is 9.78 Å². The molecule has 2 aromatic carbocycles. The molecule has 1 heterocycles. The summed E-state index contributed by atoms with van der Waals surface area (Å²) >= 11 is 1.58. The van der Waals surface area contributed by atoms with Gasteiger partial charge < -0.3 is 10.1 Å². The highest BCUT2D eigenvalue weighted by atomic mass is 32.1. The van der Waals surface area contributed by atoms with E-state index in [1.54, 1.807) is 16.8 Å². The van der Waals surface area contributed by atoms with E-state index in [2.05, 4.69) is 22.4 Å². The second-order valence-corrected chi connectivity index (χ2v) is 6.11. The molecule has 0 spiro atoms. The van der Waals surface area contributed by atoms with E-state index in [0.717, 1.165) is 27.8 Å². The number of carbonyl (C=O) groups excluding carboxylic acids is 1. The molecule has 0 radical (unpaired) electrons. The van der Waals surface area contributed by atoms with Crippen LogP contribution < -0.4 is 10.1 Å². The van der Waals surface area contributed by atoms with E-state index in [1.165, 1.54) is 0 Å². The van der Waals surface area contributed by atoms with Gasteiger partial charge in [-0.05, 0) is 17.9 Å². The van der Waals surface area contributed by atoms with Gasteiger partial charge in [0.1, 0.15) is 12.4 Å². The number of hydrogen-bond acceptors (Lipinski definition) is 4. The molecule has 23 heavy (non-hydrogen) atoms. The predicted molar refractivity (Wildman–Crippen MR) is 92.9 cm³/mol. The van der Waals surface area contributed by atoms with Crippen LogP contribution in [0.5, 0.6) is 5.75 Å². The third-order valence-corrected chi connectivity index (χ3v) is 4.35. The van der Waals surface area contributed by atoms with Gasteiger partial charge in [-0.15, -0.1) is 11.3 Å². The fourth-order valence-electron chi connectivity index (χ4n) is 2.36. The molecule has 0 saturated carbocycles. The Hall–Kier alpha value is -2.40. The topological polar surface area (TPSA) is 51.2 Å². The van der Waals surface area contributed by atoms with Crippen molar-refractivity contribution in [1.82, 2.24) is 10.3 Å². The van der Waals surface area contributed by atoms with E-state index in [0.29, 0.717) is 19.6 Å². The number of carbonyl (C=O) groups is 1. The van der Waals surface area contributed by atoms with Crippen LogP contribution in [0, 0.1) is 0 Å². The first-order chi connectivity index (χ1) is 11.3. The first kappa shape index (κ1) is 15.5. The molecule has 1 amide bonds. The molecule has 0 fully saturated rings. The Morgan fingerprint density at radius 1 is 1.17 bits per heavy atom. The highest BCUT2D eigenvalue weighted by Gasteiger charge is 2.04. The van der Waals surface area contributed by atoms with Gasteiger partial charge in [0.25, 0.3) is 0 Å². The lowest BCUT2D eigenvalue weighted by Gasteiger charge is -2.10. The SMILES string of the molecule is O=C(CCc1cncs1)NCCOc1cccc2ccccc12. The molecule has 0 aliphatic carbocycles. The number of thiazole rings is 1. The molecule has 118 valence electrons. The smallest absolute Gasteiger partial charge is 0.220 e. The second kappa shape index (κ2) is 7.74. The summed E-state index contributed by atoms with van der Waals surface area (Å²) in [4.78, 5) is 16.9. The average molecular weight is 326 g/mol. The zero-order valence-electron chi connectivity index (χ0n) is 12.7. The number of hydrogen-bond donors (Lipinski definition) is 1. The minimum atomic E-state index is 0.0416. The van der Waals surface area contributed by atoms with Crippen molar-refractivity contribution in [2.45, 2.75) is 12.8 Å². The molecule has 0 saturated heterocycles. The lowest BCUT2D eigenvalue weighted by atomic mass is 10.1. The Labute approximate surface area is 139 Å². The number of fused-ring (bicyclic) bond motifs is 1. The first-order valence-corrected chi connectivity index (χ1v) is 8.45. The van der Waals surface area contributed by atoms with Gasteiger partial charge in [0, 0.05) is 22.9 Å². The van der Waals surface area contributed by atoms with Gasteiger partial charge in [0.15, 0.2) is 0 Å². The van der Waals surface area contributed by atoms with E-state index in [9.17, 15) is 4.79 Å². The number of amides is 1. The maximum absolute atomic E-state index is 11.8. The number of ether oxygens (including phenoxy) is 1. The number of nitrogens with one attached hydrogen (secondary N) is 1. The molecule has 1 aromatic heterocycles. The van der Waals surface area contributed by atoms with Gasteiger partial charge in [-0.25, -0.2) is 0 Å². The number of aromatic nitrogens is 1. The van der Waals surface area contributed by atoms with Crippen LogP contribution in [0.2, 0.25) is 0 Å². The van der Waals surface area contributed by atoms with E-state index < -0.39 is 0 Å². The van der Waals surface area contributed by atoms with Crippen molar-refractivity contribution in [2.75, 3.05) is 13.2 Å². The molecule has 0 aliphatic heterocycles. The minimum Gasteiger partial charge on any atom is -0.491 e. The summed E-state index contributed by atoms with van der Waals surface area (Å²) in [5.41, 5.74) is 1.78. The number of rotatable bonds is 7. The maximum Gasteiger partial charge on any atom is 0.220 e. The number of aryl methyl sites for hydroxylation is 1. The van der Waals surface area contributed by atoms with Gasteiger partial charge in [-0.1, -0.05) is 36.4 Å². The van der Waals surface area contributed by atoms with Crippen LogP contribution in [0.1, 0.15) is 11.3 Å². The summed E-state index contributed by atoms with van der Waals surface area (Å²) < 4.78 is 5.80. The Bertz CT molecular complexity index is 766.